The first-order valence-electron chi connectivity index (χ1n) is 10.6. The molecule has 3 saturated carbocycles. The van der Waals surface area contributed by atoms with Crippen molar-refractivity contribution in [2.24, 2.45) is 34.2 Å². The fraction of sp³-hybridized carbons (Fsp3) is 0.773. The molecule has 4 rings (SSSR count). The molecule has 0 amide bonds. The molecular weight excluding hydrogens is 358 g/mol. The third-order valence-corrected chi connectivity index (χ3v) is 7.98. The van der Waals surface area contributed by atoms with Crippen LogP contribution in [0, 0.1) is 29.1 Å². The molecule has 0 radical (unpaired) electrons. The number of nitrogens with zero attached hydrogens (tertiary/aromatic N) is 1. The number of carbonyl (C=O) groups is 2. The van der Waals surface area contributed by atoms with Crippen molar-refractivity contribution in [2.45, 2.75) is 77.9 Å². The third-order valence-electron chi connectivity index (χ3n) is 7.98. The van der Waals surface area contributed by atoms with E-state index in [1.165, 1.54) is 19.4 Å². The van der Waals surface area contributed by atoms with E-state index in [0.717, 1.165) is 38.5 Å². The van der Waals surface area contributed by atoms with E-state index in [0.29, 0.717) is 29.9 Å². The van der Waals surface area contributed by atoms with Crippen molar-refractivity contribution in [1.82, 2.24) is 0 Å². The van der Waals surface area contributed by atoms with Gasteiger partial charge in [0.2, 0.25) is 0 Å². The molecule has 154 valence electrons. The number of oxime groups is 1. The quantitative estimate of drug-likeness (QED) is 0.440. The highest BCUT2D eigenvalue weighted by Gasteiger charge is 2.58. The van der Waals surface area contributed by atoms with Gasteiger partial charge in [0.1, 0.15) is 12.2 Å². The SMILES string of the molecule is CC(=O)O[C@H]1C/C(=N\O)C=C2CC[C@@H]3[C@H](CC[C@]4(C)[C@@H](OC(C)=O)CC[C@@H]34)[C@H]21. The highest BCUT2D eigenvalue weighted by atomic mass is 16.5. The van der Waals surface area contributed by atoms with E-state index in [1.54, 1.807) is 0 Å². The van der Waals surface area contributed by atoms with Crippen LogP contribution in [0.5, 0.6) is 0 Å². The van der Waals surface area contributed by atoms with Gasteiger partial charge in [-0.2, -0.15) is 0 Å². The summed E-state index contributed by atoms with van der Waals surface area (Å²) < 4.78 is 11.4. The van der Waals surface area contributed by atoms with Gasteiger partial charge in [-0.15, -0.1) is 0 Å². The second-order valence-corrected chi connectivity index (χ2v) is 9.38. The van der Waals surface area contributed by atoms with Crippen LogP contribution in [-0.2, 0) is 19.1 Å². The van der Waals surface area contributed by atoms with E-state index in [9.17, 15) is 14.8 Å². The molecule has 0 saturated heterocycles. The molecule has 6 nitrogen and oxygen atoms in total. The van der Waals surface area contributed by atoms with Crippen molar-refractivity contribution in [3.8, 4) is 0 Å². The van der Waals surface area contributed by atoms with Crippen LogP contribution in [0.15, 0.2) is 16.8 Å². The molecule has 7 atom stereocenters. The minimum Gasteiger partial charge on any atom is -0.462 e. The Labute approximate surface area is 166 Å². The van der Waals surface area contributed by atoms with E-state index in [2.05, 4.69) is 12.1 Å². The van der Waals surface area contributed by atoms with Crippen molar-refractivity contribution in [3.63, 3.8) is 0 Å². The van der Waals surface area contributed by atoms with Crippen LogP contribution >= 0.6 is 0 Å². The molecule has 3 fully saturated rings. The first-order chi connectivity index (χ1) is 13.3. The second kappa shape index (κ2) is 7.20. The Morgan fingerprint density at radius 3 is 2.54 bits per heavy atom. The number of fused-ring (bicyclic) bond motifs is 5. The van der Waals surface area contributed by atoms with Gasteiger partial charge in [0.25, 0.3) is 0 Å². The summed E-state index contributed by atoms with van der Waals surface area (Å²) in [6.45, 7) is 5.26. The Kier molecular flexibility index (Phi) is 5.00. The number of ether oxygens (including phenoxy) is 2. The first kappa shape index (κ1) is 19.5. The highest BCUT2D eigenvalue weighted by molar-refractivity contribution is 5.96. The molecule has 0 aromatic carbocycles. The van der Waals surface area contributed by atoms with Gasteiger partial charge in [-0.05, 0) is 62.4 Å². The summed E-state index contributed by atoms with van der Waals surface area (Å²) in [5.74, 6) is 1.34. The fourth-order valence-electron chi connectivity index (χ4n) is 6.99. The Morgan fingerprint density at radius 2 is 1.86 bits per heavy atom. The van der Waals surface area contributed by atoms with Crippen molar-refractivity contribution < 1.29 is 24.3 Å². The summed E-state index contributed by atoms with van der Waals surface area (Å²) in [5, 5.41) is 12.7. The molecule has 4 aliphatic carbocycles. The van der Waals surface area contributed by atoms with Crippen molar-refractivity contribution in [2.75, 3.05) is 0 Å². The highest BCUT2D eigenvalue weighted by Crippen LogP contribution is 2.62. The minimum atomic E-state index is -0.276. The van der Waals surface area contributed by atoms with Gasteiger partial charge in [-0.25, -0.2) is 0 Å². The second-order valence-electron chi connectivity index (χ2n) is 9.38. The number of rotatable bonds is 2. The van der Waals surface area contributed by atoms with Gasteiger partial charge >= 0.3 is 11.9 Å². The number of carbonyl (C=O) groups excluding carboxylic acids is 2. The molecule has 6 heteroatoms. The fourth-order valence-corrected chi connectivity index (χ4v) is 6.99. The molecule has 28 heavy (non-hydrogen) atoms. The Hall–Kier alpha value is -1.85. The van der Waals surface area contributed by atoms with Crippen LogP contribution in [0.3, 0.4) is 0 Å². The summed E-state index contributed by atoms with van der Waals surface area (Å²) >= 11 is 0. The van der Waals surface area contributed by atoms with Crippen LogP contribution in [0.1, 0.15) is 65.7 Å². The van der Waals surface area contributed by atoms with Crippen LogP contribution in [-0.4, -0.2) is 35.1 Å². The Balaban J connectivity index is 1.62. The molecule has 4 aliphatic rings. The van der Waals surface area contributed by atoms with Gasteiger partial charge in [-0.1, -0.05) is 17.7 Å². The molecule has 0 aromatic heterocycles. The molecule has 0 spiro atoms. The maximum atomic E-state index is 11.7. The zero-order valence-corrected chi connectivity index (χ0v) is 17.0. The summed E-state index contributed by atoms with van der Waals surface area (Å²) in [5.41, 5.74) is 1.93. The predicted molar refractivity (Wildman–Crippen MR) is 103 cm³/mol. The normalized spacial score (nSPS) is 43.4. The summed E-state index contributed by atoms with van der Waals surface area (Å²) in [6, 6.07) is 0. The third kappa shape index (κ3) is 3.15. The van der Waals surface area contributed by atoms with Gasteiger partial charge < -0.3 is 14.7 Å². The molecule has 0 aromatic rings. The van der Waals surface area contributed by atoms with Gasteiger partial charge in [-0.3, -0.25) is 9.59 Å². The average molecular weight is 389 g/mol. The number of esters is 2. The standard InChI is InChI=1S/C22H31NO5/c1-12(24)27-19-11-15(23-26)10-14-4-5-16-17(21(14)19)8-9-22(3)18(16)6-7-20(22)28-13(2)25/h10,16-21,26H,4-9,11H2,1-3H3/b23-15-/t16-,17+,18+,19+,20+,21+,22+/m1/s1. The molecular formula is C22H31NO5. The lowest BCUT2D eigenvalue weighted by molar-refractivity contribution is -0.158. The van der Waals surface area contributed by atoms with Crippen molar-refractivity contribution >= 4 is 17.7 Å². The maximum absolute atomic E-state index is 11.7. The van der Waals surface area contributed by atoms with Gasteiger partial charge in [0.05, 0.1) is 5.71 Å². The Bertz CT molecular complexity index is 728. The lowest BCUT2D eigenvalue weighted by atomic mass is 9.51. The first-order valence-corrected chi connectivity index (χ1v) is 10.6. The number of hydrogen-bond acceptors (Lipinski definition) is 6. The summed E-state index contributed by atoms with van der Waals surface area (Å²) in [6.07, 6.45) is 8.47. The van der Waals surface area contributed by atoms with Crippen molar-refractivity contribution in [1.29, 1.82) is 0 Å². The number of hydrogen-bond donors (Lipinski definition) is 1. The van der Waals surface area contributed by atoms with E-state index < -0.39 is 0 Å². The molecule has 0 heterocycles. The molecule has 0 unspecified atom stereocenters. The number of allylic oxidation sites excluding steroid dienone is 1. The van der Waals surface area contributed by atoms with Crippen LogP contribution in [0.2, 0.25) is 0 Å². The van der Waals surface area contributed by atoms with Gasteiger partial charge in [0.15, 0.2) is 0 Å². The average Bonchev–Trinajstić information content (AvgIpc) is 2.96. The zero-order chi connectivity index (χ0) is 20.1. The van der Waals surface area contributed by atoms with E-state index in [-0.39, 0.29) is 35.5 Å². The largest absolute Gasteiger partial charge is 0.462 e. The predicted octanol–water partition coefficient (Wildman–Crippen LogP) is 3.86. The topological polar surface area (TPSA) is 85.2 Å². The summed E-state index contributed by atoms with van der Waals surface area (Å²) in [4.78, 5) is 23.3. The van der Waals surface area contributed by atoms with E-state index in [1.807, 2.05) is 6.08 Å². The van der Waals surface area contributed by atoms with Crippen LogP contribution in [0.4, 0.5) is 0 Å². The summed E-state index contributed by atoms with van der Waals surface area (Å²) in [7, 11) is 0. The lowest BCUT2D eigenvalue weighted by Gasteiger charge is -2.54. The van der Waals surface area contributed by atoms with Crippen LogP contribution in [0.25, 0.3) is 0 Å². The molecule has 0 bridgehead atoms. The minimum absolute atomic E-state index is 0.0247. The lowest BCUT2D eigenvalue weighted by Crippen LogP contribution is -2.51. The van der Waals surface area contributed by atoms with Crippen LogP contribution < -0.4 is 0 Å². The van der Waals surface area contributed by atoms with Gasteiger partial charge in [0, 0.05) is 31.6 Å². The van der Waals surface area contributed by atoms with E-state index >= 15 is 0 Å². The smallest absolute Gasteiger partial charge is 0.302 e. The Morgan fingerprint density at radius 1 is 1.11 bits per heavy atom. The van der Waals surface area contributed by atoms with E-state index in [4.69, 9.17) is 9.47 Å². The zero-order valence-electron chi connectivity index (χ0n) is 17.0. The monoisotopic (exact) mass is 389 g/mol. The van der Waals surface area contributed by atoms with Crippen molar-refractivity contribution in [3.05, 3.63) is 11.6 Å². The molecule has 1 N–H and O–H groups in total. The molecule has 0 aliphatic heterocycles. The maximum Gasteiger partial charge on any atom is 0.302 e.